The van der Waals surface area contributed by atoms with Crippen LogP contribution in [0.4, 0.5) is 18.9 Å². The zero-order valence-electron chi connectivity index (χ0n) is 10.7. The summed E-state index contributed by atoms with van der Waals surface area (Å²) in [6.45, 7) is 0.807. The lowest BCUT2D eigenvalue weighted by molar-refractivity contribution is -0.137. The molecule has 0 aromatic heterocycles. The zero-order chi connectivity index (χ0) is 15.0. The maximum atomic E-state index is 12.8. The van der Waals surface area contributed by atoms with Gasteiger partial charge in [0, 0.05) is 11.9 Å². The molecule has 0 spiro atoms. The Labute approximate surface area is 118 Å². The molecule has 0 radical (unpaired) electrons. The second-order valence-corrected chi connectivity index (χ2v) is 4.61. The average Bonchev–Trinajstić information content (AvgIpc) is 2.93. The van der Waals surface area contributed by atoms with Gasteiger partial charge in [0.05, 0.1) is 23.8 Å². The molecule has 8 heteroatoms. The molecular formula is C13H10F3N5. The first kappa shape index (κ1) is 13.3. The van der Waals surface area contributed by atoms with Crippen LogP contribution in [-0.2, 0) is 6.18 Å². The third kappa shape index (κ3) is 2.38. The van der Waals surface area contributed by atoms with Crippen LogP contribution in [0.25, 0.3) is 0 Å². The number of halogens is 3. The summed E-state index contributed by atoms with van der Waals surface area (Å²) in [6.07, 6.45) is -2.90. The molecule has 0 fully saturated rings. The monoisotopic (exact) mass is 293 g/mol. The molecule has 3 rings (SSSR count). The molecule has 2 aliphatic heterocycles. The summed E-state index contributed by atoms with van der Waals surface area (Å²) < 4.78 is 38.4. The molecule has 1 aromatic carbocycles. The van der Waals surface area contributed by atoms with Crippen molar-refractivity contribution in [2.24, 2.45) is 5.10 Å². The molecule has 0 saturated carbocycles. The van der Waals surface area contributed by atoms with Crippen molar-refractivity contribution in [1.82, 2.24) is 10.3 Å². The molecule has 0 unspecified atom stereocenters. The van der Waals surface area contributed by atoms with E-state index in [0.717, 1.165) is 12.1 Å². The number of alkyl halides is 3. The van der Waals surface area contributed by atoms with E-state index >= 15 is 0 Å². The normalized spacial score (nSPS) is 17.6. The molecule has 0 bridgehead atoms. The lowest BCUT2D eigenvalue weighted by Gasteiger charge is -2.31. The van der Waals surface area contributed by atoms with E-state index in [0.29, 0.717) is 30.4 Å². The van der Waals surface area contributed by atoms with Crippen molar-refractivity contribution in [2.75, 3.05) is 18.1 Å². The van der Waals surface area contributed by atoms with E-state index in [1.165, 1.54) is 17.2 Å². The number of fused-ring (bicyclic) bond motifs is 1. The Kier molecular flexibility index (Phi) is 2.97. The fourth-order valence-electron chi connectivity index (χ4n) is 2.21. The standard InChI is InChI=1S/C13H10F3N5/c14-13(15,16)10-2-1-3-11(4-10)21-7-9(5-17)6-20-8-18-19-12(20)21/h1-4,7,18H,6,8H2. The summed E-state index contributed by atoms with van der Waals surface area (Å²) >= 11 is 0. The Hall–Kier alpha value is -2.69. The van der Waals surface area contributed by atoms with Crippen LogP contribution in [0, 0.1) is 11.3 Å². The van der Waals surface area contributed by atoms with E-state index in [9.17, 15) is 13.2 Å². The van der Waals surface area contributed by atoms with E-state index in [2.05, 4.69) is 10.5 Å². The third-order valence-electron chi connectivity index (χ3n) is 3.18. The highest BCUT2D eigenvalue weighted by molar-refractivity contribution is 5.99. The van der Waals surface area contributed by atoms with Crippen molar-refractivity contribution in [1.29, 1.82) is 5.26 Å². The lowest BCUT2D eigenvalue weighted by atomic mass is 10.1. The Balaban J connectivity index is 2.04. The predicted molar refractivity (Wildman–Crippen MR) is 69.8 cm³/mol. The SMILES string of the molecule is N#CC1=CN(c2cccc(C(F)(F)F)c2)C2=NNCN2C1. The highest BCUT2D eigenvalue weighted by atomic mass is 19.4. The van der Waals surface area contributed by atoms with Gasteiger partial charge in [-0.05, 0) is 18.2 Å². The van der Waals surface area contributed by atoms with Crippen LogP contribution in [0.5, 0.6) is 0 Å². The van der Waals surface area contributed by atoms with Gasteiger partial charge in [-0.2, -0.15) is 18.4 Å². The lowest BCUT2D eigenvalue weighted by Crippen LogP contribution is -2.44. The largest absolute Gasteiger partial charge is 0.416 e. The summed E-state index contributed by atoms with van der Waals surface area (Å²) in [4.78, 5) is 3.26. The summed E-state index contributed by atoms with van der Waals surface area (Å²) in [6, 6.07) is 6.96. The third-order valence-corrected chi connectivity index (χ3v) is 3.18. The Bertz CT molecular complexity index is 671. The number of nitrogens with one attached hydrogen (secondary N) is 1. The fraction of sp³-hybridized carbons (Fsp3) is 0.231. The van der Waals surface area contributed by atoms with Crippen LogP contribution in [0.3, 0.4) is 0 Å². The summed E-state index contributed by atoms with van der Waals surface area (Å²) in [5.74, 6) is 0.480. The van der Waals surface area contributed by atoms with Crippen LogP contribution >= 0.6 is 0 Å². The van der Waals surface area contributed by atoms with Crippen molar-refractivity contribution in [2.45, 2.75) is 6.18 Å². The van der Waals surface area contributed by atoms with Crippen LogP contribution < -0.4 is 10.3 Å². The Morgan fingerprint density at radius 3 is 2.86 bits per heavy atom. The van der Waals surface area contributed by atoms with Gasteiger partial charge in [0.25, 0.3) is 0 Å². The van der Waals surface area contributed by atoms with Gasteiger partial charge in [-0.15, -0.1) is 5.10 Å². The number of hydrogen-bond acceptors (Lipinski definition) is 5. The van der Waals surface area contributed by atoms with Gasteiger partial charge in [0.2, 0.25) is 5.96 Å². The number of hydrogen-bond donors (Lipinski definition) is 1. The first-order valence-electron chi connectivity index (χ1n) is 6.12. The van der Waals surface area contributed by atoms with Crippen molar-refractivity contribution in [3.63, 3.8) is 0 Å². The van der Waals surface area contributed by atoms with Gasteiger partial charge < -0.3 is 4.90 Å². The van der Waals surface area contributed by atoms with E-state index in [1.807, 2.05) is 6.07 Å². The molecule has 2 heterocycles. The number of nitriles is 1. The quantitative estimate of drug-likeness (QED) is 0.861. The molecule has 21 heavy (non-hydrogen) atoms. The smallest absolute Gasteiger partial charge is 0.317 e. The Morgan fingerprint density at radius 1 is 1.33 bits per heavy atom. The van der Waals surface area contributed by atoms with Crippen LogP contribution in [0.1, 0.15) is 5.56 Å². The highest BCUT2D eigenvalue weighted by Gasteiger charge is 2.33. The molecule has 0 aliphatic carbocycles. The maximum absolute atomic E-state index is 12.8. The number of benzene rings is 1. The molecule has 1 N–H and O–H groups in total. The first-order valence-corrected chi connectivity index (χ1v) is 6.12. The predicted octanol–water partition coefficient (Wildman–Crippen LogP) is 2.07. The van der Waals surface area contributed by atoms with E-state index in [1.54, 1.807) is 11.0 Å². The molecule has 5 nitrogen and oxygen atoms in total. The second-order valence-electron chi connectivity index (χ2n) is 4.61. The van der Waals surface area contributed by atoms with Crippen molar-refractivity contribution in [3.05, 3.63) is 41.6 Å². The summed E-state index contributed by atoms with van der Waals surface area (Å²) in [7, 11) is 0. The topological polar surface area (TPSA) is 54.7 Å². The van der Waals surface area contributed by atoms with Crippen LogP contribution in [-0.4, -0.2) is 24.1 Å². The molecular weight excluding hydrogens is 283 g/mol. The number of rotatable bonds is 1. The minimum Gasteiger partial charge on any atom is -0.317 e. The molecule has 0 amide bonds. The van der Waals surface area contributed by atoms with E-state index in [4.69, 9.17) is 5.26 Å². The molecule has 108 valence electrons. The fourth-order valence-corrected chi connectivity index (χ4v) is 2.21. The summed E-state index contributed by atoms with van der Waals surface area (Å²) in [5, 5.41) is 13.1. The van der Waals surface area contributed by atoms with Crippen molar-refractivity contribution in [3.8, 4) is 6.07 Å². The number of anilines is 1. The minimum atomic E-state index is -4.41. The van der Waals surface area contributed by atoms with Gasteiger partial charge in [-0.1, -0.05) is 6.07 Å². The van der Waals surface area contributed by atoms with Gasteiger partial charge in [0.1, 0.15) is 6.67 Å². The zero-order valence-corrected chi connectivity index (χ0v) is 10.7. The summed E-state index contributed by atoms with van der Waals surface area (Å²) in [5.41, 5.74) is 2.78. The van der Waals surface area contributed by atoms with Crippen molar-refractivity contribution >= 4 is 11.6 Å². The van der Waals surface area contributed by atoms with Gasteiger partial charge >= 0.3 is 6.18 Å². The average molecular weight is 293 g/mol. The second kappa shape index (κ2) is 4.70. The van der Waals surface area contributed by atoms with Crippen LogP contribution in [0.15, 0.2) is 41.1 Å². The Morgan fingerprint density at radius 2 is 2.14 bits per heavy atom. The molecule has 0 atom stereocenters. The van der Waals surface area contributed by atoms with Crippen molar-refractivity contribution < 1.29 is 13.2 Å². The number of guanidine groups is 1. The van der Waals surface area contributed by atoms with Gasteiger partial charge in [-0.3, -0.25) is 10.3 Å². The number of nitrogens with zero attached hydrogens (tertiary/aromatic N) is 4. The van der Waals surface area contributed by atoms with E-state index < -0.39 is 11.7 Å². The minimum absolute atomic E-state index is 0.310. The molecule has 1 aromatic rings. The van der Waals surface area contributed by atoms with Gasteiger partial charge in [0.15, 0.2) is 0 Å². The highest BCUT2D eigenvalue weighted by Crippen LogP contribution is 2.32. The van der Waals surface area contributed by atoms with Gasteiger partial charge in [-0.25, -0.2) is 0 Å². The molecule has 2 aliphatic rings. The maximum Gasteiger partial charge on any atom is 0.416 e. The first-order chi connectivity index (χ1) is 9.99. The number of hydrazone groups is 1. The molecule has 0 saturated heterocycles. The van der Waals surface area contributed by atoms with E-state index in [-0.39, 0.29) is 0 Å². The van der Waals surface area contributed by atoms with Crippen LogP contribution in [0.2, 0.25) is 0 Å².